The molecule has 0 spiro atoms. The van der Waals surface area contributed by atoms with Crippen LogP contribution in [0.15, 0.2) is 12.7 Å². The second-order valence-electron chi connectivity index (χ2n) is 3.55. The Balaban J connectivity index is 2.47. The monoisotopic (exact) mass is 200 g/mol. The van der Waals surface area contributed by atoms with E-state index in [0.717, 1.165) is 19.3 Å². The van der Waals surface area contributed by atoms with Gasteiger partial charge in [-0.05, 0) is 39.1 Å². The molecule has 0 saturated heterocycles. The fourth-order valence-electron chi connectivity index (χ4n) is 1.27. The molecule has 1 aliphatic rings. The number of hydrogen-bond donors (Lipinski definition) is 1. The van der Waals surface area contributed by atoms with E-state index in [9.17, 15) is 4.79 Å². The molecule has 1 rings (SSSR count). The lowest BCUT2D eigenvalue weighted by Gasteiger charge is -2.27. The van der Waals surface area contributed by atoms with Crippen molar-refractivity contribution < 1.29 is 13.6 Å². The standard InChI is InChI=1S/C11H19NO2/c1-3-4-8-10(12-2)11(13)14-9-6-5-7-9/h3,9-10,12H,1,4-8H2,2H3/i2D3. The van der Waals surface area contributed by atoms with E-state index >= 15 is 0 Å². The van der Waals surface area contributed by atoms with Crippen LogP contribution < -0.4 is 5.32 Å². The van der Waals surface area contributed by atoms with Gasteiger partial charge in [0.2, 0.25) is 0 Å². The second-order valence-corrected chi connectivity index (χ2v) is 3.55. The van der Waals surface area contributed by atoms with Crippen LogP contribution in [0.25, 0.3) is 0 Å². The SMILES string of the molecule is [2H]C([2H])([2H])NC(CCC=C)C(=O)OC1CCC1. The number of rotatable bonds is 6. The molecule has 0 aromatic rings. The zero-order valence-corrected chi connectivity index (χ0v) is 8.29. The van der Waals surface area contributed by atoms with Crippen molar-refractivity contribution in [2.45, 2.75) is 44.2 Å². The zero-order chi connectivity index (χ0) is 12.9. The van der Waals surface area contributed by atoms with E-state index in [1.807, 2.05) is 0 Å². The first-order chi connectivity index (χ1) is 7.92. The molecule has 0 aromatic carbocycles. The molecule has 1 fully saturated rings. The molecule has 0 aromatic heterocycles. The van der Waals surface area contributed by atoms with Crippen LogP contribution in [0.2, 0.25) is 0 Å². The first kappa shape index (κ1) is 7.46. The predicted molar refractivity (Wildman–Crippen MR) is 56.0 cm³/mol. The van der Waals surface area contributed by atoms with Gasteiger partial charge in [-0.3, -0.25) is 4.79 Å². The molecule has 0 aliphatic heterocycles. The van der Waals surface area contributed by atoms with Crippen molar-refractivity contribution in [3.63, 3.8) is 0 Å². The van der Waals surface area contributed by atoms with Crippen LogP contribution >= 0.6 is 0 Å². The van der Waals surface area contributed by atoms with E-state index in [1.165, 1.54) is 0 Å². The number of carbonyl (C=O) groups excluding carboxylic acids is 1. The minimum atomic E-state index is -2.33. The van der Waals surface area contributed by atoms with Gasteiger partial charge in [-0.1, -0.05) is 6.08 Å². The van der Waals surface area contributed by atoms with Gasteiger partial charge in [-0.25, -0.2) is 0 Å². The number of esters is 1. The molecule has 3 heteroatoms. The van der Waals surface area contributed by atoms with Gasteiger partial charge >= 0.3 is 5.97 Å². The highest BCUT2D eigenvalue weighted by atomic mass is 16.5. The van der Waals surface area contributed by atoms with Crippen LogP contribution in [-0.4, -0.2) is 25.1 Å². The Kier molecular flexibility index (Phi) is 3.09. The maximum atomic E-state index is 11.8. The first-order valence-electron chi connectivity index (χ1n) is 6.51. The molecular weight excluding hydrogens is 178 g/mol. The quantitative estimate of drug-likeness (QED) is 0.523. The number of allylic oxidation sites excluding steroid dienone is 1. The molecule has 3 nitrogen and oxygen atoms in total. The van der Waals surface area contributed by atoms with Crippen molar-refractivity contribution in [1.82, 2.24) is 5.32 Å². The van der Waals surface area contributed by atoms with E-state index in [4.69, 9.17) is 8.85 Å². The summed E-state index contributed by atoms with van der Waals surface area (Å²) in [5.74, 6) is -0.465. The van der Waals surface area contributed by atoms with Crippen LogP contribution in [0.4, 0.5) is 0 Å². The van der Waals surface area contributed by atoms with E-state index in [2.05, 4.69) is 11.9 Å². The number of ether oxygens (including phenoxy) is 1. The highest BCUT2D eigenvalue weighted by Gasteiger charge is 2.25. The smallest absolute Gasteiger partial charge is 0.323 e. The van der Waals surface area contributed by atoms with Crippen LogP contribution in [0.1, 0.15) is 36.2 Å². The summed E-state index contributed by atoms with van der Waals surface area (Å²) in [6.45, 7) is 1.23. The minimum absolute atomic E-state index is 0.0212. The molecule has 14 heavy (non-hydrogen) atoms. The highest BCUT2D eigenvalue weighted by Crippen LogP contribution is 2.22. The molecule has 1 N–H and O–H groups in total. The first-order valence-corrected chi connectivity index (χ1v) is 5.01. The summed E-state index contributed by atoms with van der Waals surface area (Å²) in [6, 6.07) is -0.777. The van der Waals surface area contributed by atoms with Crippen molar-refractivity contribution in [1.29, 1.82) is 0 Å². The van der Waals surface area contributed by atoms with Crippen molar-refractivity contribution in [2.24, 2.45) is 0 Å². The summed E-state index contributed by atoms with van der Waals surface area (Å²) in [7, 11) is 0. The summed E-state index contributed by atoms with van der Waals surface area (Å²) in [4.78, 5) is 11.8. The second kappa shape index (κ2) is 5.81. The summed E-state index contributed by atoms with van der Waals surface area (Å²) >= 11 is 0. The van der Waals surface area contributed by atoms with E-state index in [1.54, 1.807) is 6.08 Å². The molecule has 1 unspecified atom stereocenters. The van der Waals surface area contributed by atoms with Gasteiger partial charge in [-0.2, -0.15) is 0 Å². The Bertz CT molecular complexity index is 274. The van der Waals surface area contributed by atoms with Crippen LogP contribution in [-0.2, 0) is 9.53 Å². The summed E-state index contributed by atoms with van der Waals surface area (Å²) < 4.78 is 26.6. The summed E-state index contributed by atoms with van der Waals surface area (Å²) in [5, 5.41) is 2.32. The van der Waals surface area contributed by atoms with Crippen LogP contribution in [0.5, 0.6) is 0 Å². The Morgan fingerprint density at radius 1 is 1.86 bits per heavy atom. The van der Waals surface area contributed by atoms with Crippen LogP contribution in [0.3, 0.4) is 0 Å². The Hall–Kier alpha value is -0.830. The summed E-state index contributed by atoms with van der Waals surface area (Å²) in [6.07, 6.45) is 5.45. The zero-order valence-electron chi connectivity index (χ0n) is 11.3. The number of nitrogens with one attached hydrogen (secondary N) is 1. The molecule has 1 atom stereocenters. The van der Waals surface area contributed by atoms with Crippen molar-refractivity contribution in [3.05, 3.63) is 12.7 Å². The van der Waals surface area contributed by atoms with E-state index in [-0.39, 0.29) is 6.10 Å². The third-order valence-electron chi connectivity index (χ3n) is 2.45. The van der Waals surface area contributed by atoms with E-state index < -0.39 is 19.0 Å². The molecule has 0 radical (unpaired) electrons. The molecule has 1 saturated carbocycles. The van der Waals surface area contributed by atoms with E-state index in [0.29, 0.717) is 12.8 Å². The van der Waals surface area contributed by atoms with Gasteiger partial charge < -0.3 is 10.1 Å². The van der Waals surface area contributed by atoms with Gasteiger partial charge in [0.1, 0.15) is 12.1 Å². The third-order valence-corrected chi connectivity index (χ3v) is 2.45. The fraction of sp³-hybridized carbons (Fsp3) is 0.727. The number of hydrogen-bond acceptors (Lipinski definition) is 3. The van der Waals surface area contributed by atoms with Gasteiger partial charge in [0, 0.05) is 4.11 Å². The van der Waals surface area contributed by atoms with Gasteiger partial charge in [0.15, 0.2) is 0 Å². The summed E-state index contributed by atoms with van der Waals surface area (Å²) in [5.41, 5.74) is 0. The maximum absolute atomic E-state index is 11.8. The lowest BCUT2D eigenvalue weighted by atomic mass is 9.96. The maximum Gasteiger partial charge on any atom is 0.323 e. The highest BCUT2D eigenvalue weighted by molar-refractivity contribution is 5.75. The van der Waals surface area contributed by atoms with Gasteiger partial charge in [0.05, 0.1) is 0 Å². The molecule has 0 amide bonds. The number of carbonyl (C=O) groups is 1. The Morgan fingerprint density at radius 3 is 3.14 bits per heavy atom. The van der Waals surface area contributed by atoms with Gasteiger partial charge in [0.25, 0.3) is 0 Å². The van der Waals surface area contributed by atoms with Crippen molar-refractivity contribution >= 4 is 5.97 Å². The molecule has 0 heterocycles. The molecule has 0 bridgehead atoms. The molecule has 1 aliphatic carbocycles. The van der Waals surface area contributed by atoms with Gasteiger partial charge in [-0.15, -0.1) is 6.58 Å². The van der Waals surface area contributed by atoms with Crippen molar-refractivity contribution in [2.75, 3.05) is 6.98 Å². The van der Waals surface area contributed by atoms with Crippen molar-refractivity contribution in [3.8, 4) is 0 Å². The average molecular weight is 200 g/mol. The fourth-order valence-corrected chi connectivity index (χ4v) is 1.27. The minimum Gasteiger partial charge on any atom is -0.461 e. The number of likely N-dealkylation sites (N-methyl/N-ethyl adjacent to an activating group) is 1. The normalized spacial score (nSPS) is 22.4. The average Bonchev–Trinajstić information content (AvgIpc) is 2.16. The lowest BCUT2D eigenvalue weighted by Crippen LogP contribution is -2.39. The largest absolute Gasteiger partial charge is 0.461 e. The topological polar surface area (TPSA) is 38.3 Å². The third kappa shape index (κ3) is 3.14. The lowest BCUT2D eigenvalue weighted by molar-refractivity contribution is -0.155. The Morgan fingerprint density at radius 2 is 2.64 bits per heavy atom. The van der Waals surface area contributed by atoms with Crippen LogP contribution in [0, 0.1) is 0 Å². The molecule has 80 valence electrons. The molecular formula is C11H19NO2. The predicted octanol–water partition coefficient (Wildman–Crippen LogP) is 1.64. The Labute approximate surface area is 89.7 Å².